The maximum atomic E-state index is 12.0. The van der Waals surface area contributed by atoms with E-state index in [0.29, 0.717) is 5.56 Å². The fraction of sp³-hybridized carbons (Fsp3) is 0.455. The molecule has 1 aromatic rings. The Morgan fingerprint density at radius 3 is 2.81 bits per heavy atom. The Bertz CT molecular complexity index is 706. The van der Waals surface area contributed by atoms with Crippen molar-refractivity contribution in [2.75, 3.05) is 17.2 Å². The lowest BCUT2D eigenvalue weighted by atomic mass is 10.1. The summed E-state index contributed by atoms with van der Waals surface area (Å²) in [6, 6.07) is 1.32. The van der Waals surface area contributed by atoms with Crippen LogP contribution in [-0.4, -0.2) is 36.5 Å². The third-order valence-electron chi connectivity index (χ3n) is 3.08. The van der Waals surface area contributed by atoms with Crippen molar-refractivity contribution in [1.82, 2.24) is 4.98 Å². The number of amides is 1. The Morgan fingerprint density at radius 2 is 2.24 bits per heavy atom. The van der Waals surface area contributed by atoms with Crippen molar-refractivity contribution >= 4 is 37.1 Å². The molecule has 0 bridgehead atoms. The van der Waals surface area contributed by atoms with Gasteiger partial charge in [0.1, 0.15) is 0 Å². The third kappa shape index (κ3) is 3.67. The minimum Gasteiger partial charge on any atom is -0.291 e. The smallest absolute Gasteiger partial charge is 0.291 e. The highest BCUT2D eigenvalue weighted by Crippen LogP contribution is 2.32. The van der Waals surface area contributed by atoms with Crippen LogP contribution in [0, 0.1) is 23.0 Å². The van der Waals surface area contributed by atoms with E-state index in [9.17, 15) is 23.3 Å². The van der Waals surface area contributed by atoms with Gasteiger partial charge in [-0.3, -0.25) is 19.8 Å². The number of anilines is 1. The fourth-order valence-corrected chi connectivity index (χ4v) is 3.59. The largest absolute Gasteiger partial charge is 0.312 e. The molecular weight excluding hydrogens is 322 g/mol. The van der Waals surface area contributed by atoms with Crippen molar-refractivity contribution < 1.29 is 18.1 Å². The predicted octanol–water partition coefficient (Wildman–Crippen LogP) is 1.22. The fourth-order valence-electron chi connectivity index (χ4n) is 2.27. The second kappa shape index (κ2) is 5.57. The quantitative estimate of drug-likeness (QED) is 0.465. The molecule has 1 fully saturated rings. The highest BCUT2D eigenvalue weighted by molar-refractivity contribution is 8.13. The molecule has 1 amide bonds. The van der Waals surface area contributed by atoms with E-state index in [0.717, 1.165) is 4.90 Å². The first-order chi connectivity index (χ1) is 9.67. The summed E-state index contributed by atoms with van der Waals surface area (Å²) >= 11 is 0. The average Bonchev–Trinajstić information content (AvgIpc) is 2.67. The lowest BCUT2D eigenvalue weighted by Gasteiger charge is -2.15. The summed E-state index contributed by atoms with van der Waals surface area (Å²) in [7, 11) is 1.44. The van der Waals surface area contributed by atoms with Gasteiger partial charge in [0.25, 0.3) is 0 Å². The van der Waals surface area contributed by atoms with Crippen LogP contribution in [-0.2, 0) is 13.8 Å². The summed E-state index contributed by atoms with van der Waals surface area (Å²) < 4.78 is 22.1. The van der Waals surface area contributed by atoms with E-state index in [1.165, 1.54) is 12.3 Å². The summed E-state index contributed by atoms with van der Waals surface area (Å²) in [6.07, 6.45) is 1.39. The predicted molar refractivity (Wildman–Crippen MR) is 75.7 cm³/mol. The summed E-state index contributed by atoms with van der Waals surface area (Å²) in [5.74, 6) is -1.32. The minimum atomic E-state index is -3.73. The topological polar surface area (TPSA) is 110 Å². The van der Waals surface area contributed by atoms with E-state index in [1.807, 2.05) is 0 Å². The SMILES string of the molecule is Cc1cnc(N2CC(CS(=O)(=O)Cl)CC2=O)c([N+](=O)[O-])c1. The zero-order valence-corrected chi connectivity index (χ0v) is 12.6. The molecule has 2 heterocycles. The van der Waals surface area contributed by atoms with Gasteiger partial charge in [0.05, 0.1) is 10.7 Å². The first-order valence-corrected chi connectivity index (χ1v) is 8.49. The zero-order valence-electron chi connectivity index (χ0n) is 11.0. The van der Waals surface area contributed by atoms with Gasteiger partial charge < -0.3 is 0 Å². The minimum absolute atomic E-state index is 0.0291. The molecule has 114 valence electrons. The number of carbonyl (C=O) groups excluding carboxylic acids is 1. The monoisotopic (exact) mass is 333 g/mol. The number of carbonyl (C=O) groups is 1. The van der Waals surface area contributed by atoms with Crippen LogP contribution in [0.3, 0.4) is 0 Å². The highest BCUT2D eigenvalue weighted by atomic mass is 35.7. The molecule has 0 N–H and O–H groups in total. The van der Waals surface area contributed by atoms with Crippen LogP contribution >= 0.6 is 10.7 Å². The van der Waals surface area contributed by atoms with Crippen LogP contribution in [0.4, 0.5) is 11.5 Å². The first kappa shape index (κ1) is 15.6. The van der Waals surface area contributed by atoms with E-state index in [2.05, 4.69) is 4.98 Å². The van der Waals surface area contributed by atoms with E-state index in [-0.39, 0.29) is 30.2 Å². The van der Waals surface area contributed by atoms with Crippen LogP contribution in [0.5, 0.6) is 0 Å². The number of aromatic nitrogens is 1. The maximum Gasteiger partial charge on any atom is 0.312 e. The van der Waals surface area contributed by atoms with E-state index < -0.39 is 25.8 Å². The van der Waals surface area contributed by atoms with Gasteiger partial charge in [0, 0.05) is 41.8 Å². The first-order valence-electron chi connectivity index (χ1n) is 6.01. The van der Waals surface area contributed by atoms with Gasteiger partial charge in [-0.15, -0.1) is 0 Å². The van der Waals surface area contributed by atoms with Crippen molar-refractivity contribution in [2.45, 2.75) is 13.3 Å². The maximum absolute atomic E-state index is 12.0. The molecule has 2 rings (SSSR count). The lowest BCUT2D eigenvalue weighted by Crippen LogP contribution is -2.27. The Morgan fingerprint density at radius 1 is 1.57 bits per heavy atom. The van der Waals surface area contributed by atoms with Crippen LogP contribution in [0.1, 0.15) is 12.0 Å². The molecule has 0 spiro atoms. The molecule has 0 aromatic carbocycles. The molecule has 1 atom stereocenters. The van der Waals surface area contributed by atoms with Crippen molar-refractivity contribution in [3.8, 4) is 0 Å². The van der Waals surface area contributed by atoms with Gasteiger partial charge in [-0.1, -0.05) is 0 Å². The van der Waals surface area contributed by atoms with E-state index >= 15 is 0 Å². The summed E-state index contributed by atoms with van der Waals surface area (Å²) in [4.78, 5) is 27.5. The van der Waals surface area contributed by atoms with Gasteiger partial charge in [0.2, 0.25) is 20.8 Å². The van der Waals surface area contributed by atoms with Crippen LogP contribution in [0.25, 0.3) is 0 Å². The van der Waals surface area contributed by atoms with Crippen molar-refractivity contribution in [1.29, 1.82) is 0 Å². The van der Waals surface area contributed by atoms with E-state index in [1.54, 1.807) is 6.92 Å². The summed E-state index contributed by atoms with van der Waals surface area (Å²) in [6.45, 7) is 1.69. The number of pyridine rings is 1. The van der Waals surface area contributed by atoms with Crippen molar-refractivity contribution in [2.24, 2.45) is 5.92 Å². The summed E-state index contributed by atoms with van der Waals surface area (Å²) in [5, 5.41) is 11.1. The second-order valence-corrected chi connectivity index (χ2v) is 7.71. The molecule has 1 aliphatic heterocycles. The Hall–Kier alpha value is -1.74. The second-order valence-electron chi connectivity index (χ2n) is 4.89. The molecule has 1 aromatic heterocycles. The Balaban J connectivity index is 2.31. The molecule has 0 aliphatic carbocycles. The van der Waals surface area contributed by atoms with Gasteiger partial charge in [-0.2, -0.15) is 0 Å². The molecule has 21 heavy (non-hydrogen) atoms. The third-order valence-corrected chi connectivity index (χ3v) is 4.32. The number of hydrogen-bond donors (Lipinski definition) is 0. The summed E-state index contributed by atoms with van der Waals surface area (Å²) in [5.41, 5.74) is 0.315. The Kier molecular flexibility index (Phi) is 4.15. The molecule has 8 nitrogen and oxygen atoms in total. The normalized spacial score (nSPS) is 19.0. The number of nitro groups is 1. The molecule has 1 unspecified atom stereocenters. The molecular formula is C11H12ClN3O5S. The molecule has 0 radical (unpaired) electrons. The van der Waals surface area contributed by atoms with Crippen LogP contribution in [0.2, 0.25) is 0 Å². The number of halogens is 1. The molecule has 0 saturated carbocycles. The molecule has 1 aliphatic rings. The van der Waals surface area contributed by atoms with Gasteiger partial charge in [-0.25, -0.2) is 13.4 Å². The van der Waals surface area contributed by atoms with Crippen molar-refractivity contribution in [3.63, 3.8) is 0 Å². The van der Waals surface area contributed by atoms with Gasteiger partial charge in [0.15, 0.2) is 0 Å². The highest BCUT2D eigenvalue weighted by Gasteiger charge is 2.36. The van der Waals surface area contributed by atoms with Crippen LogP contribution < -0.4 is 4.90 Å². The number of hydrogen-bond acceptors (Lipinski definition) is 6. The standard InChI is InChI=1S/C11H12ClN3O5S/c1-7-2-9(15(17)18)11(13-4-7)14-5-8(3-10(14)16)6-21(12,19)20/h2,4,8H,3,5-6H2,1H3. The zero-order chi connectivity index (χ0) is 15.8. The Labute approximate surface area is 125 Å². The lowest BCUT2D eigenvalue weighted by molar-refractivity contribution is -0.384. The number of nitrogens with zero attached hydrogens (tertiary/aromatic N) is 3. The molecule has 1 saturated heterocycles. The number of aryl methyl sites for hydroxylation is 1. The average molecular weight is 334 g/mol. The number of rotatable bonds is 4. The van der Waals surface area contributed by atoms with Gasteiger partial charge >= 0.3 is 5.69 Å². The van der Waals surface area contributed by atoms with Gasteiger partial charge in [-0.05, 0) is 12.5 Å². The van der Waals surface area contributed by atoms with E-state index in [4.69, 9.17) is 10.7 Å². The van der Waals surface area contributed by atoms with Crippen molar-refractivity contribution in [3.05, 3.63) is 27.9 Å². The van der Waals surface area contributed by atoms with Crippen LogP contribution in [0.15, 0.2) is 12.3 Å². The molecule has 10 heteroatoms.